The van der Waals surface area contributed by atoms with Crippen LogP contribution < -0.4 is 5.32 Å². The minimum absolute atomic E-state index is 0.0387. The van der Waals surface area contributed by atoms with Gasteiger partial charge in [0.2, 0.25) is 5.91 Å². The van der Waals surface area contributed by atoms with Crippen LogP contribution in [0.2, 0.25) is 0 Å². The average Bonchev–Trinajstić information content (AvgIpc) is 2.51. The van der Waals surface area contributed by atoms with Gasteiger partial charge in [0.05, 0.1) is 12.5 Å². The average molecular weight is 319 g/mol. The molecule has 23 heavy (non-hydrogen) atoms. The molecular formula is C18H19F2NO2. The molecule has 0 radical (unpaired) electrons. The van der Waals surface area contributed by atoms with Crippen molar-refractivity contribution >= 4 is 5.91 Å². The summed E-state index contributed by atoms with van der Waals surface area (Å²) in [7, 11) is 0. The molecule has 3 nitrogen and oxygen atoms in total. The molecule has 0 saturated carbocycles. The Morgan fingerprint density at radius 2 is 1.83 bits per heavy atom. The van der Waals surface area contributed by atoms with E-state index in [2.05, 4.69) is 5.32 Å². The Hall–Kier alpha value is -2.27. The smallest absolute Gasteiger partial charge is 0.224 e. The van der Waals surface area contributed by atoms with E-state index in [1.54, 1.807) is 6.92 Å². The van der Waals surface area contributed by atoms with Crippen LogP contribution in [0.25, 0.3) is 0 Å². The number of hydrogen-bond donors (Lipinski definition) is 2. The summed E-state index contributed by atoms with van der Waals surface area (Å²) in [6.07, 6.45) is -0.342. The van der Waals surface area contributed by atoms with Gasteiger partial charge < -0.3 is 10.4 Å². The molecule has 2 aromatic rings. The standard InChI is InChI=1S/C18H19F2NO2/c1-12(9-17(22)14-5-3-2-4-6-14)21-18(23)11-13-7-8-15(19)16(20)10-13/h2-8,10,12,17,22H,9,11H2,1H3,(H,21,23). The number of amides is 1. The van der Waals surface area contributed by atoms with Crippen LogP contribution in [0.5, 0.6) is 0 Å². The fraction of sp³-hybridized carbons (Fsp3) is 0.278. The number of aliphatic hydroxyl groups is 1. The van der Waals surface area contributed by atoms with Crippen molar-refractivity contribution in [2.75, 3.05) is 0 Å². The van der Waals surface area contributed by atoms with Gasteiger partial charge in [0.1, 0.15) is 0 Å². The van der Waals surface area contributed by atoms with Gasteiger partial charge in [-0.15, -0.1) is 0 Å². The van der Waals surface area contributed by atoms with Crippen molar-refractivity contribution in [1.29, 1.82) is 0 Å². The Labute approximate surface area is 134 Å². The lowest BCUT2D eigenvalue weighted by molar-refractivity contribution is -0.121. The van der Waals surface area contributed by atoms with Crippen molar-refractivity contribution in [3.05, 3.63) is 71.3 Å². The molecule has 2 unspecified atom stereocenters. The molecule has 2 rings (SSSR count). The predicted octanol–water partition coefficient (Wildman–Crippen LogP) is 3.14. The fourth-order valence-electron chi connectivity index (χ4n) is 2.37. The first-order chi connectivity index (χ1) is 11.0. The number of hydrogen-bond acceptors (Lipinski definition) is 2. The fourth-order valence-corrected chi connectivity index (χ4v) is 2.37. The molecule has 122 valence electrons. The summed E-state index contributed by atoms with van der Waals surface area (Å²) in [4.78, 5) is 11.9. The first kappa shape index (κ1) is 17.1. The summed E-state index contributed by atoms with van der Waals surface area (Å²) in [5.41, 5.74) is 1.19. The summed E-state index contributed by atoms with van der Waals surface area (Å²) in [6, 6.07) is 12.3. The van der Waals surface area contributed by atoms with E-state index in [4.69, 9.17) is 0 Å². The Balaban J connectivity index is 1.85. The van der Waals surface area contributed by atoms with Gasteiger partial charge in [-0.1, -0.05) is 36.4 Å². The number of halogens is 2. The molecule has 0 fully saturated rings. The normalized spacial score (nSPS) is 13.4. The highest BCUT2D eigenvalue weighted by Crippen LogP contribution is 2.17. The molecule has 0 heterocycles. The Morgan fingerprint density at radius 3 is 2.48 bits per heavy atom. The van der Waals surface area contributed by atoms with Gasteiger partial charge in [0, 0.05) is 6.04 Å². The maximum absolute atomic E-state index is 13.1. The molecule has 0 bridgehead atoms. The lowest BCUT2D eigenvalue weighted by atomic mass is 10.0. The van der Waals surface area contributed by atoms with Crippen molar-refractivity contribution in [2.45, 2.75) is 31.9 Å². The molecule has 0 spiro atoms. The zero-order valence-corrected chi connectivity index (χ0v) is 12.8. The summed E-state index contributed by atoms with van der Waals surface area (Å²) in [6.45, 7) is 1.79. The van der Waals surface area contributed by atoms with Gasteiger partial charge in [-0.25, -0.2) is 8.78 Å². The van der Waals surface area contributed by atoms with E-state index in [0.717, 1.165) is 17.7 Å². The van der Waals surface area contributed by atoms with Gasteiger partial charge in [0.25, 0.3) is 0 Å². The highest BCUT2D eigenvalue weighted by atomic mass is 19.2. The van der Waals surface area contributed by atoms with Gasteiger partial charge >= 0.3 is 0 Å². The second kappa shape index (κ2) is 7.83. The third kappa shape index (κ3) is 5.14. The largest absolute Gasteiger partial charge is 0.388 e. The van der Waals surface area contributed by atoms with Crippen molar-refractivity contribution in [3.63, 3.8) is 0 Å². The molecule has 1 amide bonds. The number of carbonyl (C=O) groups is 1. The summed E-state index contributed by atoms with van der Waals surface area (Å²) >= 11 is 0. The molecule has 0 aromatic heterocycles. The van der Waals surface area contributed by atoms with Gasteiger partial charge in [-0.3, -0.25) is 4.79 Å². The van der Waals surface area contributed by atoms with Crippen LogP contribution >= 0.6 is 0 Å². The predicted molar refractivity (Wildman–Crippen MR) is 83.7 cm³/mol. The van der Waals surface area contributed by atoms with Crippen molar-refractivity contribution in [3.8, 4) is 0 Å². The topological polar surface area (TPSA) is 49.3 Å². The molecule has 0 aliphatic carbocycles. The number of aliphatic hydroxyl groups excluding tert-OH is 1. The minimum Gasteiger partial charge on any atom is -0.388 e. The zero-order chi connectivity index (χ0) is 16.8. The van der Waals surface area contributed by atoms with Crippen molar-refractivity contribution in [1.82, 2.24) is 5.32 Å². The molecule has 0 aliphatic rings. The van der Waals surface area contributed by atoms with E-state index in [0.29, 0.717) is 12.0 Å². The number of benzene rings is 2. The lowest BCUT2D eigenvalue weighted by Crippen LogP contribution is -2.34. The van der Waals surface area contributed by atoms with Crippen LogP contribution in [0.1, 0.15) is 30.6 Å². The Bertz CT molecular complexity index is 661. The summed E-state index contributed by atoms with van der Waals surface area (Å²) in [5.74, 6) is -2.21. The van der Waals surface area contributed by atoms with Crippen molar-refractivity contribution in [2.24, 2.45) is 0 Å². The second-order valence-corrected chi connectivity index (χ2v) is 5.56. The maximum Gasteiger partial charge on any atom is 0.224 e. The van der Waals surface area contributed by atoms with E-state index in [-0.39, 0.29) is 18.4 Å². The number of rotatable bonds is 6. The molecule has 0 saturated heterocycles. The highest BCUT2D eigenvalue weighted by molar-refractivity contribution is 5.78. The molecule has 2 atom stereocenters. The summed E-state index contributed by atoms with van der Waals surface area (Å²) < 4.78 is 26.0. The Morgan fingerprint density at radius 1 is 1.13 bits per heavy atom. The van der Waals surface area contributed by atoms with E-state index in [1.165, 1.54) is 6.07 Å². The van der Waals surface area contributed by atoms with E-state index in [1.807, 2.05) is 30.3 Å². The van der Waals surface area contributed by atoms with Gasteiger partial charge in [-0.05, 0) is 36.6 Å². The van der Waals surface area contributed by atoms with E-state index < -0.39 is 17.7 Å². The van der Waals surface area contributed by atoms with Crippen LogP contribution in [-0.2, 0) is 11.2 Å². The van der Waals surface area contributed by atoms with Crippen LogP contribution in [0.15, 0.2) is 48.5 Å². The molecular weight excluding hydrogens is 300 g/mol. The number of carbonyl (C=O) groups excluding carboxylic acids is 1. The van der Waals surface area contributed by atoms with Gasteiger partial charge in [0.15, 0.2) is 11.6 Å². The van der Waals surface area contributed by atoms with Crippen LogP contribution in [0.4, 0.5) is 8.78 Å². The quantitative estimate of drug-likeness (QED) is 0.859. The van der Waals surface area contributed by atoms with Crippen LogP contribution in [0.3, 0.4) is 0 Å². The van der Waals surface area contributed by atoms with Gasteiger partial charge in [-0.2, -0.15) is 0 Å². The van der Waals surface area contributed by atoms with Crippen LogP contribution in [0, 0.1) is 11.6 Å². The molecule has 5 heteroatoms. The zero-order valence-electron chi connectivity index (χ0n) is 12.8. The van der Waals surface area contributed by atoms with E-state index in [9.17, 15) is 18.7 Å². The lowest BCUT2D eigenvalue weighted by Gasteiger charge is -2.18. The highest BCUT2D eigenvalue weighted by Gasteiger charge is 2.15. The second-order valence-electron chi connectivity index (χ2n) is 5.56. The first-order valence-corrected chi connectivity index (χ1v) is 7.42. The third-order valence-electron chi connectivity index (χ3n) is 3.52. The minimum atomic E-state index is -0.970. The van der Waals surface area contributed by atoms with Crippen molar-refractivity contribution < 1.29 is 18.7 Å². The first-order valence-electron chi connectivity index (χ1n) is 7.42. The molecule has 0 aliphatic heterocycles. The van der Waals surface area contributed by atoms with Crippen LogP contribution in [-0.4, -0.2) is 17.1 Å². The molecule has 2 aromatic carbocycles. The van der Waals surface area contributed by atoms with E-state index >= 15 is 0 Å². The third-order valence-corrected chi connectivity index (χ3v) is 3.52. The number of nitrogens with one attached hydrogen (secondary N) is 1. The summed E-state index contributed by atoms with van der Waals surface area (Å²) in [5, 5.41) is 12.9. The maximum atomic E-state index is 13.1. The molecule has 2 N–H and O–H groups in total. The SMILES string of the molecule is CC(CC(O)c1ccccc1)NC(=O)Cc1ccc(F)c(F)c1. The Kier molecular flexibility index (Phi) is 5.82. The monoisotopic (exact) mass is 319 g/mol.